The van der Waals surface area contributed by atoms with Gasteiger partial charge in [0.15, 0.2) is 0 Å². The highest BCUT2D eigenvalue weighted by Gasteiger charge is 2.03. The summed E-state index contributed by atoms with van der Waals surface area (Å²) in [6, 6.07) is 15.6. The predicted octanol–water partition coefficient (Wildman–Crippen LogP) is 3.36. The maximum Gasteiger partial charge on any atom is 0.111 e. The van der Waals surface area contributed by atoms with Gasteiger partial charge in [0, 0.05) is 16.9 Å². The van der Waals surface area contributed by atoms with Crippen LogP contribution in [0.1, 0.15) is 11.1 Å². The molecule has 0 aliphatic rings. The van der Waals surface area contributed by atoms with E-state index in [-0.39, 0.29) is 0 Å². The molecule has 0 unspecified atom stereocenters. The van der Waals surface area contributed by atoms with Crippen molar-refractivity contribution in [3.05, 3.63) is 59.7 Å². The largest absolute Gasteiger partial charge is 0.399 e. The molecule has 0 radical (unpaired) electrons. The number of aryl methyl sites for hydroxylation is 1. The summed E-state index contributed by atoms with van der Waals surface area (Å²) in [5.41, 5.74) is 9.55. The molecular weight excluding hydrogens is 228 g/mol. The second-order valence-electron chi connectivity index (χ2n) is 3.89. The molecule has 0 saturated carbocycles. The van der Waals surface area contributed by atoms with Gasteiger partial charge in [0.1, 0.15) is 4.99 Å². The van der Waals surface area contributed by atoms with E-state index in [4.69, 9.17) is 18.0 Å². The number of benzene rings is 2. The van der Waals surface area contributed by atoms with Crippen LogP contribution in [0.5, 0.6) is 0 Å². The summed E-state index contributed by atoms with van der Waals surface area (Å²) >= 11 is 5.38. The second-order valence-corrected chi connectivity index (χ2v) is 4.30. The van der Waals surface area contributed by atoms with Crippen molar-refractivity contribution in [2.24, 2.45) is 0 Å². The van der Waals surface area contributed by atoms with E-state index in [1.807, 2.05) is 55.5 Å². The van der Waals surface area contributed by atoms with Crippen molar-refractivity contribution in [2.75, 3.05) is 11.1 Å². The van der Waals surface area contributed by atoms with Crippen molar-refractivity contribution in [1.82, 2.24) is 0 Å². The number of anilines is 2. The Morgan fingerprint density at radius 1 is 1.06 bits per heavy atom. The minimum atomic E-state index is 0.730. The molecule has 0 atom stereocenters. The Morgan fingerprint density at radius 3 is 2.35 bits per heavy atom. The first kappa shape index (κ1) is 11.6. The van der Waals surface area contributed by atoms with Crippen molar-refractivity contribution < 1.29 is 0 Å². The normalized spacial score (nSPS) is 9.94. The third-order valence-electron chi connectivity index (χ3n) is 2.56. The maximum absolute atomic E-state index is 5.63. The van der Waals surface area contributed by atoms with Gasteiger partial charge < -0.3 is 11.1 Å². The highest BCUT2D eigenvalue weighted by molar-refractivity contribution is 7.81. The number of nitrogens with one attached hydrogen (secondary N) is 1. The third-order valence-corrected chi connectivity index (χ3v) is 2.88. The smallest absolute Gasteiger partial charge is 0.111 e. The zero-order chi connectivity index (χ0) is 12.3. The van der Waals surface area contributed by atoms with Crippen LogP contribution in [-0.2, 0) is 0 Å². The Morgan fingerprint density at radius 2 is 1.71 bits per heavy atom. The average Bonchev–Trinajstić information content (AvgIpc) is 2.32. The van der Waals surface area contributed by atoms with E-state index in [1.165, 1.54) is 5.56 Å². The van der Waals surface area contributed by atoms with Gasteiger partial charge in [-0.05, 0) is 36.8 Å². The molecule has 86 valence electrons. The van der Waals surface area contributed by atoms with Crippen LogP contribution in [-0.4, -0.2) is 4.99 Å². The molecule has 2 rings (SSSR count). The Labute approximate surface area is 106 Å². The Balaban J connectivity index is 2.17. The monoisotopic (exact) mass is 242 g/mol. The summed E-state index contributed by atoms with van der Waals surface area (Å²) in [5, 5.41) is 3.20. The third kappa shape index (κ3) is 2.82. The Hall–Kier alpha value is -1.87. The zero-order valence-electron chi connectivity index (χ0n) is 9.60. The van der Waals surface area contributed by atoms with E-state index < -0.39 is 0 Å². The van der Waals surface area contributed by atoms with Gasteiger partial charge in [0.25, 0.3) is 0 Å². The van der Waals surface area contributed by atoms with Gasteiger partial charge in [-0.15, -0.1) is 0 Å². The lowest BCUT2D eigenvalue weighted by Gasteiger charge is -2.10. The van der Waals surface area contributed by atoms with Gasteiger partial charge in [-0.3, -0.25) is 0 Å². The van der Waals surface area contributed by atoms with Crippen LogP contribution in [0.2, 0.25) is 0 Å². The number of nitrogens with two attached hydrogens (primary N) is 1. The van der Waals surface area contributed by atoms with E-state index in [1.54, 1.807) is 0 Å². The quantitative estimate of drug-likeness (QED) is 0.626. The molecular formula is C14H14N2S. The Bertz CT molecular complexity index is 532. The lowest BCUT2D eigenvalue weighted by Crippen LogP contribution is -2.11. The fourth-order valence-corrected chi connectivity index (χ4v) is 1.94. The molecule has 17 heavy (non-hydrogen) atoms. The van der Waals surface area contributed by atoms with Crippen LogP contribution in [0.4, 0.5) is 11.4 Å². The summed E-state index contributed by atoms with van der Waals surface area (Å²) in [4.78, 5) is 0.730. The molecule has 3 N–H and O–H groups in total. The number of nitrogen functional groups attached to an aromatic ring is 1. The van der Waals surface area contributed by atoms with Gasteiger partial charge in [0.2, 0.25) is 0 Å². The highest BCUT2D eigenvalue weighted by atomic mass is 32.1. The lowest BCUT2D eigenvalue weighted by atomic mass is 10.1. The number of hydrogen-bond donors (Lipinski definition) is 2. The molecule has 0 fully saturated rings. The molecule has 0 amide bonds. The molecule has 2 aromatic carbocycles. The minimum absolute atomic E-state index is 0.730. The van der Waals surface area contributed by atoms with Gasteiger partial charge in [-0.25, -0.2) is 0 Å². The van der Waals surface area contributed by atoms with Crippen molar-refractivity contribution >= 4 is 28.6 Å². The number of rotatable bonds is 2. The summed E-state index contributed by atoms with van der Waals surface area (Å²) in [6.07, 6.45) is 0. The van der Waals surface area contributed by atoms with Crippen LogP contribution in [0.3, 0.4) is 0 Å². The summed E-state index contributed by atoms with van der Waals surface area (Å²) in [7, 11) is 0. The van der Waals surface area contributed by atoms with E-state index in [2.05, 4.69) is 5.32 Å². The molecule has 0 spiro atoms. The topological polar surface area (TPSA) is 38.0 Å². The maximum atomic E-state index is 5.63. The fourth-order valence-electron chi connectivity index (χ4n) is 1.59. The van der Waals surface area contributed by atoms with Crippen molar-refractivity contribution in [3.8, 4) is 0 Å². The number of hydrogen-bond acceptors (Lipinski definition) is 2. The molecule has 2 aromatic rings. The minimum Gasteiger partial charge on any atom is -0.399 e. The van der Waals surface area contributed by atoms with Crippen molar-refractivity contribution in [3.63, 3.8) is 0 Å². The first-order valence-electron chi connectivity index (χ1n) is 5.39. The van der Waals surface area contributed by atoms with Crippen LogP contribution in [0.15, 0.2) is 48.5 Å². The second kappa shape index (κ2) is 4.97. The molecule has 0 bridgehead atoms. The van der Waals surface area contributed by atoms with Gasteiger partial charge in [0.05, 0.1) is 0 Å². The molecule has 0 heterocycles. The SMILES string of the molecule is Cc1ccccc1C(=S)Nc1ccc(N)cc1. The highest BCUT2D eigenvalue weighted by Crippen LogP contribution is 2.14. The first-order valence-corrected chi connectivity index (χ1v) is 5.80. The predicted molar refractivity (Wildman–Crippen MR) is 77.4 cm³/mol. The zero-order valence-corrected chi connectivity index (χ0v) is 10.4. The van der Waals surface area contributed by atoms with E-state index in [0.717, 1.165) is 21.9 Å². The van der Waals surface area contributed by atoms with Crippen LogP contribution < -0.4 is 11.1 Å². The van der Waals surface area contributed by atoms with E-state index >= 15 is 0 Å². The molecule has 0 aromatic heterocycles. The number of thiocarbonyl (C=S) groups is 1. The van der Waals surface area contributed by atoms with Crippen molar-refractivity contribution in [2.45, 2.75) is 6.92 Å². The van der Waals surface area contributed by atoms with Crippen LogP contribution >= 0.6 is 12.2 Å². The summed E-state index contributed by atoms with van der Waals surface area (Å²) < 4.78 is 0. The molecule has 3 heteroatoms. The average molecular weight is 242 g/mol. The van der Waals surface area contributed by atoms with Crippen LogP contribution in [0.25, 0.3) is 0 Å². The molecule has 0 saturated heterocycles. The van der Waals surface area contributed by atoms with Gasteiger partial charge in [-0.1, -0.05) is 36.5 Å². The lowest BCUT2D eigenvalue weighted by molar-refractivity contribution is 1.44. The van der Waals surface area contributed by atoms with Gasteiger partial charge in [-0.2, -0.15) is 0 Å². The molecule has 2 nitrogen and oxygen atoms in total. The van der Waals surface area contributed by atoms with E-state index in [0.29, 0.717) is 0 Å². The summed E-state index contributed by atoms with van der Waals surface area (Å²) in [5.74, 6) is 0. The van der Waals surface area contributed by atoms with Gasteiger partial charge >= 0.3 is 0 Å². The molecule has 0 aliphatic heterocycles. The summed E-state index contributed by atoms with van der Waals surface area (Å²) in [6.45, 7) is 2.05. The first-order chi connectivity index (χ1) is 8.16. The standard InChI is InChI=1S/C14H14N2S/c1-10-4-2-3-5-13(10)14(17)16-12-8-6-11(15)7-9-12/h2-9H,15H2,1H3,(H,16,17). The Kier molecular flexibility index (Phi) is 3.40. The fraction of sp³-hybridized carbons (Fsp3) is 0.0714. The molecule has 0 aliphatic carbocycles. The van der Waals surface area contributed by atoms with Crippen LogP contribution in [0, 0.1) is 6.92 Å². The van der Waals surface area contributed by atoms with E-state index in [9.17, 15) is 0 Å². The van der Waals surface area contributed by atoms with Crippen molar-refractivity contribution in [1.29, 1.82) is 0 Å².